The average Bonchev–Trinajstić information content (AvgIpc) is 2.01. The average molecular weight is 254 g/mol. The van der Waals surface area contributed by atoms with Crippen LogP contribution < -0.4 is 0 Å². The lowest BCUT2D eigenvalue weighted by Gasteiger charge is -2.28. The lowest BCUT2D eigenvalue weighted by atomic mass is 10.9. The topological polar surface area (TPSA) is 44.8 Å². The second kappa shape index (κ2) is 6.16. The summed E-state index contributed by atoms with van der Waals surface area (Å²) >= 11 is 0. The second-order valence-electron chi connectivity index (χ2n) is 4.20. The van der Waals surface area contributed by atoms with Gasteiger partial charge < -0.3 is 13.5 Å². The maximum Gasteiger partial charge on any atom is 0.357 e. The highest BCUT2D eigenvalue weighted by Gasteiger charge is 2.35. The summed E-state index contributed by atoms with van der Waals surface area (Å²) in [5.41, 5.74) is 0. The number of rotatable bonds is 7. The Morgan fingerprint density at radius 1 is 1.13 bits per heavy atom. The molecule has 0 aliphatic heterocycles. The Bertz CT molecular complexity index is 217. The Labute approximate surface area is 94.0 Å². The van der Waals surface area contributed by atoms with E-state index in [1.165, 1.54) is 0 Å². The van der Waals surface area contributed by atoms with E-state index in [-0.39, 0.29) is 0 Å². The summed E-state index contributed by atoms with van der Waals surface area (Å²) in [6.07, 6.45) is 0. The molecule has 0 radical (unpaired) electrons. The summed E-state index contributed by atoms with van der Waals surface area (Å²) in [6, 6.07) is 0. The van der Waals surface area contributed by atoms with Gasteiger partial charge in [0.05, 0.1) is 13.2 Å². The quantitative estimate of drug-likeness (QED) is 0.515. The molecule has 4 nitrogen and oxygen atoms in total. The molecule has 0 aliphatic rings. The highest BCUT2D eigenvalue weighted by molar-refractivity contribution is 7.54. The highest BCUT2D eigenvalue weighted by atomic mass is 31.2. The van der Waals surface area contributed by atoms with Crippen LogP contribution in [0.25, 0.3) is 0 Å². The van der Waals surface area contributed by atoms with E-state index < -0.39 is 21.8 Å². The Hall–Kier alpha value is 0.327. The molecule has 0 fully saturated rings. The fourth-order valence-corrected chi connectivity index (χ4v) is 4.89. The van der Waals surface area contributed by atoms with Gasteiger partial charge in [-0.15, -0.1) is 0 Å². The van der Waals surface area contributed by atoms with Gasteiger partial charge in [-0.2, -0.15) is 0 Å². The lowest BCUT2D eigenvalue weighted by molar-refractivity contribution is 0.165. The van der Waals surface area contributed by atoms with Gasteiger partial charge in [-0.1, -0.05) is 0 Å². The highest BCUT2D eigenvalue weighted by Crippen LogP contribution is 2.53. The first-order chi connectivity index (χ1) is 6.75. The van der Waals surface area contributed by atoms with Crippen molar-refractivity contribution in [2.75, 3.05) is 13.2 Å². The van der Waals surface area contributed by atoms with Gasteiger partial charge in [-0.05, 0) is 40.4 Å². The van der Waals surface area contributed by atoms with Crippen LogP contribution in [0, 0.1) is 0 Å². The van der Waals surface area contributed by atoms with Crippen molar-refractivity contribution in [2.45, 2.75) is 46.3 Å². The van der Waals surface area contributed by atoms with E-state index in [4.69, 9.17) is 13.5 Å². The normalized spacial score (nSPS) is 15.3. The first kappa shape index (κ1) is 15.3. The van der Waals surface area contributed by atoms with Gasteiger partial charge in [0.15, 0.2) is 8.32 Å². The molecule has 6 heteroatoms. The standard InChI is InChI=1S/C9H23O4PSi/c1-7-11-14(10,12-8-2)9(3)13-15(4,5)6/h9H,7-8H2,1-6H3. The van der Waals surface area contributed by atoms with E-state index in [9.17, 15) is 4.57 Å². The zero-order valence-electron chi connectivity index (χ0n) is 10.6. The Morgan fingerprint density at radius 3 is 1.80 bits per heavy atom. The molecule has 1 atom stereocenters. The van der Waals surface area contributed by atoms with Crippen molar-refractivity contribution in [3.05, 3.63) is 0 Å². The Kier molecular flexibility index (Phi) is 6.29. The van der Waals surface area contributed by atoms with Crippen LogP contribution in [-0.2, 0) is 18.0 Å². The van der Waals surface area contributed by atoms with Crippen molar-refractivity contribution < 1.29 is 18.0 Å². The smallest absolute Gasteiger partial charge is 0.357 e. The lowest BCUT2D eigenvalue weighted by Crippen LogP contribution is -2.31. The SMILES string of the molecule is CCOP(=O)(OCC)C(C)O[Si](C)(C)C. The van der Waals surface area contributed by atoms with Gasteiger partial charge in [0, 0.05) is 0 Å². The molecule has 0 saturated heterocycles. The molecule has 0 aromatic heterocycles. The summed E-state index contributed by atoms with van der Waals surface area (Å²) in [7, 11) is -4.81. The zero-order valence-corrected chi connectivity index (χ0v) is 12.5. The summed E-state index contributed by atoms with van der Waals surface area (Å²) < 4.78 is 28.4. The van der Waals surface area contributed by atoms with Crippen molar-refractivity contribution in [3.63, 3.8) is 0 Å². The minimum atomic E-state index is -3.09. The molecule has 1 unspecified atom stereocenters. The predicted octanol–water partition coefficient (Wildman–Crippen LogP) is 3.45. The van der Waals surface area contributed by atoms with Gasteiger partial charge >= 0.3 is 7.60 Å². The van der Waals surface area contributed by atoms with E-state index in [1.54, 1.807) is 20.8 Å². The maximum atomic E-state index is 12.2. The zero-order chi connectivity index (χ0) is 12.1. The van der Waals surface area contributed by atoms with E-state index in [1.807, 2.05) is 19.6 Å². The van der Waals surface area contributed by atoms with Crippen LogP contribution in [0.3, 0.4) is 0 Å². The molecule has 0 aromatic carbocycles. The van der Waals surface area contributed by atoms with Crippen molar-refractivity contribution in [1.82, 2.24) is 0 Å². The van der Waals surface area contributed by atoms with Crippen LogP contribution in [0.5, 0.6) is 0 Å². The van der Waals surface area contributed by atoms with Gasteiger partial charge in [0.25, 0.3) is 0 Å². The monoisotopic (exact) mass is 254 g/mol. The van der Waals surface area contributed by atoms with E-state index in [0.717, 1.165) is 0 Å². The van der Waals surface area contributed by atoms with E-state index in [0.29, 0.717) is 13.2 Å². The molecule has 15 heavy (non-hydrogen) atoms. The molecule has 0 spiro atoms. The third-order valence-electron chi connectivity index (χ3n) is 1.59. The summed E-state index contributed by atoms with van der Waals surface area (Å²) in [5, 5.41) is 0. The Morgan fingerprint density at radius 2 is 1.53 bits per heavy atom. The maximum absolute atomic E-state index is 12.2. The van der Waals surface area contributed by atoms with Crippen molar-refractivity contribution in [1.29, 1.82) is 0 Å². The number of hydrogen-bond donors (Lipinski definition) is 0. The fraction of sp³-hybridized carbons (Fsp3) is 1.00. The van der Waals surface area contributed by atoms with Crippen LogP contribution in [0.2, 0.25) is 19.6 Å². The van der Waals surface area contributed by atoms with Crippen LogP contribution in [0.1, 0.15) is 20.8 Å². The minimum absolute atomic E-state index is 0.372. The first-order valence-corrected chi connectivity index (χ1v) is 10.3. The van der Waals surface area contributed by atoms with Crippen LogP contribution in [0.15, 0.2) is 0 Å². The summed E-state index contributed by atoms with van der Waals surface area (Å²) in [5.74, 6) is -0.482. The van der Waals surface area contributed by atoms with Gasteiger partial charge in [0.2, 0.25) is 0 Å². The molecule has 92 valence electrons. The van der Waals surface area contributed by atoms with Crippen LogP contribution in [-0.4, -0.2) is 27.4 Å². The van der Waals surface area contributed by atoms with E-state index in [2.05, 4.69) is 0 Å². The third kappa shape index (κ3) is 5.83. The number of hydrogen-bond acceptors (Lipinski definition) is 4. The molecular formula is C9H23O4PSi. The molecule has 0 rings (SSSR count). The van der Waals surface area contributed by atoms with Crippen LogP contribution in [0.4, 0.5) is 0 Å². The second-order valence-corrected chi connectivity index (χ2v) is 11.0. The molecule has 0 amide bonds. The van der Waals surface area contributed by atoms with Crippen molar-refractivity contribution >= 4 is 15.9 Å². The van der Waals surface area contributed by atoms with Crippen molar-refractivity contribution in [3.8, 4) is 0 Å². The molecule has 0 saturated carbocycles. The largest absolute Gasteiger partial charge is 0.404 e. The fourth-order valence-electron chi connectivity index (χ4n) is 1.18. The van der Waals surface area contributed by atoms with Gasteiger partial charge in [-0.3, -0.25) is 4.57 Å². The Balaban J connectivity index is 4.55. The van der Waals surface area contributed by atoms with Gasteiger partial charge in [0.1, 0.15) is 5.85 Å². The summed E-state index contributed by atoms with van der Waals surface area (Å²) in [4.78, 5) is 0. The molecule has 0 bridgehead atoms. The molecule has 0 aliphatic carbocycles. The molecular weight excluding hydrogens is 231 g/mol. The minimum Gasteiger partial charge on any atom is -0.404 e. The molecule has 0 aromatic rings. The third-order valence-corrected chi connectivity index (χ3v) is 5.08. The van der Waals surface area contributed by atoms with E-state index >= 15 is 0 Å². The molecule has 0 heterocycles. The van der Waals surface area contributed by atoms with Crippen molar-refractivity contribution in [2.24, 2.45) is 0 Å². The summed E-state index contributed by atoms with van der Waals surface area (Å²) in [6.45, 7) is 12.2. The van der Waals surface area contributed by atoms with Gasteiger partial charge in [-0.25, -0.2) is 0 Å². The first-order valence-electron chi connectivity index (χ1n) is 5.31. The van der Waals surface area contributed by atoms with Crippen LogP contribution >= 0.6 is 7.60 Å². The molecule has 0 N–H and O–H groups in total. The predicted molar refractivity (Wildman–Crippen MR) is 64.8 cm³/mol.